The minimum atomic E-state index is -0.919. The number of hydrogen-bond acceptors (Lipinski definition) is 5. The van der Waals surface area contributed by atoms with Gasteiger partial charge < -0.3 is 20.5 Å². The topological polar surface area (TPSA) is 104 Å². The fourth-order valence-electron chi connectivity index (χ4n) is 3.57. The van der Waals surface area contributed by atoms with E-state index in [2.05, 4.69) is 10.3 Å². The Kier molecular flexibility index (Phi) is 8.27. The summed E-state index contributed by atoms with van der Waals surface area (Å²) in [6, 6.07) is 29.1. The van der Waals surface area contributed by atoms with Crippen LogP contribution in [0, 0.1) is 0 Å². The number of benzene rings is 3. The molecule has 4 aromatic rings. The predicted molar refractivity (Wildman–Crippen MR) is 136 cm³/mol. The molecule has 0 aliphatic rings. The van der Waals surface area contributed by atoms with Gasteiger partial charge in [0, 0.05) is 12.6 Å². The van der Waals surface area contributed by atoms with Crippen molar-refractivity contribution in [3.05, 3.63) is 126 Å². The van der Waals surface area contributed by atoms with E-state index >= 15 is 0 Å². The molecule has 1 heterocycles. The van der Waals surface area contributed by atoms with Crippen LogP contribution in [0.4, 0.5) is 0 Å². The molecule has 0 bridgehead atoms. The first-order valence-electron chi connectivity index (χ1n) is 11.6. The highest BCUT2D eigenvalue weighted by molar-refractivity contribution is 5.95. The lowest BCUT2D eigenvalue weighted by Crippen LogP contribution is -2.46. The van der Waals surface area contributed by atoms with E-state index in [9.17, 15) is 9.59 Å². The van der Waals surface area contributed by atoms with Gasteiger partial charge in [-0.15, -0.1) is 0 Å². The molecule has 1 atom stereocenters. The summed E-state index contributed by atoms with van der Waals surface area (Å²) >= 11 is 0. The maximum atomic E-state index is 12.5. The first-order chi connectivity index (χ1) is 17.6. The minimum Gasteiger partial charge on any atom is -0.485 e. The van der Waals surface area contributed by atoms with E-state index in [4.69, 9.17) is 15.2 Å². The lowest BCUT2D eigenvalue weighted by Gasteiger charge is -2.18. The number of nitrogens with one attached hydrogen (secondary N) is 1. The van der Waals surface area contributed by atoms with Crippen molar-refractivity contribution < 1.29 is 19.1 Å². The van der Waals surface area contributed by atoms with Crippen molar-refractivity contribution in [2.24, 2.45) is 5.73 Å². The Morgan fingerprint density at radius 3 is 1.94 bits per heavy atom. The molecule has 0 saturated heterocycles. The number of pyridine rings is 1. The number of hydrogen-bond donors (Lipinski definition) is 2. The third-order valence-corrected chi connectivity index (χ3v) is 5.47. The fraction of sp³-hybridized carbons (Fsp3) is 0.138. The van der Waals surface area contributed by atoms with Gasteiger partial charge in [-0.1, -0.05) is 72.8 Å². The Morgan fingerprint density at radius 1 is 0.750 bits per heavy atom. The molecular formula is C29H27N3O4. The molecule has 3 aromatic carbocycles. The number of carbonyl (C=O) groups excluding carboxylic acids is 2. The third kappa shape index (κ3) is 6.93. The lowest BCUT2D eigenvalue weighted by molar-refractivity contribution is -0.119. The number of carbonyl (C=O) groups is 2. The quantitative estimate of drug-likeness (QED) is 0.336. The first kappa shape index (κ1) is 24.5. The average Bonchev–Trinajstić information content (AvgIpc) is 2.92. The molecule has 182 valence electrons. The van der Waals surface area contributed by atoms with E-state index in [1.54, 1.807) is 24.3 Å². The van der Waals surface area contributed by atoms with Crippen LogP contribution < -0.4 is 20.5 Å². The maximum absolute atomic E-state index is 12.5. The zero-order valence-corrected chi connectivity index (χ0v) is 19.7. The molecule has 1 aromatic heterocycles. The first-order valence-corrected chi connectivity index (χ1v) is 11.6. The molecule has 4 rings (SSSR count). The zero-order valence-electron chi connectivity index (χ0n) is 19.7. The summed E-state index contributed by atoms with van der Waals surface area (Å²) < 4.78 is 12.2. The number of aromatic nitrogens is 1. The van der Waals surface area contributed by atoms with Crippen LogP contribution in [0.2, 0.25) is 0 Å². The van der Waals surface area contributed by atoms with Crippen LogP contribution in [-0.2, 0) is 24.4 Å². The fourth-order valence-corrected chi connectivity index (χ4v) is 3.57. The Morgan fingerprint density at radius 2 is 1.36 bits per heavy atom. The molecule has 2 amide bonds. The second-order valence-corrected chi connectivity index (χ2v) is 8.18. The van der Waals surface area contributed by atoms with Crippen LogP contribution in [0.1, 0.15) is 27.2 Å². The number of nitrogens with zero attached hydrogens (tertiary/aromatic N) is 1. The smallest absolute Gasteiger partial charge is 0.270 e. The SMILES string of the molecule is NC(=O)[C@@H](Cc1ccc(OCc2ccccc2)c(OCc2ccccc2)c1)NC(=O)c1ccccn1. The highest BCUT2D eigenvalue weighted by Gasteiger charge is 2.21. The molecular weight excluding hydrogens is 454 g/mol. The normalized spacial score (nSPS) is 11.3. The highest BCUT2D eigenvalue weighted by Crippen LogP contribution is 2.30. The maximum Gasteiger partial charge on any atom is 0.270 e. The largest absolute Gasteiger partial charge is 0.485 e. The van der Waals surface area contributed by atoms with Crippen molar-refractivity contribution in [2.75, 3.05) is 0 Å². The molecule has 0 radical (unpaired) electrons. The molecule has 3 N–H and O–H groups in total. The molecule has 0 saturated carbocycles. The van der Waals surface area contributed by atoms with Crippen molar-refractivity contribution in [3.63, 3.8) is 0 Å². The van der Waals surface area contributed by atoms with Crippen molar-refractivity contribution in [1.29, 1.82) is 0 Å². The lowest BCUT2D eigenvalue weighted by atomic mass is 10.0. The summed E-state index contributed by atoms with van der Waals surface area (Å²) in [6.45, 7) is 0.730. The number of nitrogens with two attached hydrogens (primary N) is 1. The van der Waals surface area contributed by atoms with E-state index in [-0.39, 0.29) is 12.1 Å². The Labute approximate surface area is 209 Å². The van der Waals surface area contributed by atoms with Crippen LogP contribution >= 0.6 is 0 Å². The zero-order chi connectivity index (χ0) is 25.2. The Bertz CT molecular complexity index is 1280. The van der Waals surface area contributed by atoms with Gasteiger partial charge in [-0.3, -0.25) is 14.6 Å². The van der Waals surface area contributed by atoms with Crippen molar-refractivity contribution in [3.8, 4) is 11.5 Å². The van der Waals surface area contributed by atoms with E-state index in [1.807, 2.05) is 72.8 Å². The molecule has 0 fully saturated rings. The summed E-state index contributed by atoms with van der Waals surface area (Å²) in [5.74, 6) is -0.00329. The third-order valence-electron chi connectivity index (χ3n) is 5.47. The Balaban J connectivity index is 1.51. The van der Waals surface area contributed by atoms with Gasteiger partial charge in [-0.2, -0.15) is 0 Å². The van der Waals surface area contributed by atoms with Crippen molar-refractivity contribution in [1.82, 2.24) is 10.3 Å². The van der Waals surface area contributed by atoms with Crippen LogP contribution in [0.25, 0.3) is 0 Å². The Hall–Kier alpha value is -4.65. The highest BCUT2D eigenvalue weighted by atomic mass is 16.5. The van der Waals surface area contributed by atoms with Gasteiger partial charge in [0.2, 0.25) is 5.91 Å². The summed E-state index contributed by atoms with van der Waals surface area (Å²) in [7, 11) is 0. The van der Waals surface area contributed by atoms with E-state index in [1.165, 1.54) is 6.20 Å². The molecule has 0 aliphatic carbocycles. The average molecular weight is 482 g/mol. The van der Waals surface area contributed by atoms with Crippen LogP contribution in [0.15, 0.2) is 103 Å². The summed E-state index contributed by atoms with van der Waals surface area (Å²) in [6.07, 6.45) is 1.70. The molecule has 0 unspecified atom stereocenters. The number of ether oxygens (including phenoxy) is 2. The molecule has 7 nitrogen and oxygen atoms in total. The van der Waals surface area contributed by atoms with Gasteiger partial charge >= 0.3 is 0 Å². The molecule has 7 heteroatoms. The van der Waals surface area contributed by atoms with Crippen molar-refractivity contribution in [2.45, 2.75) is 25.7 Å². The van der Waals surface area contributed by atoms with Crippen LogP contribution in [0.3, 0.4) is 0 Å². The molecule has 0 aliphatic heterocycles. The van der Waals surface area contributed by atoms with Gasteiger partial charge in [0.25, 0.3) is 5.91 Å². The number of amides is 2. The summed E-state index contributed by atoms with van der Waals surface area (Å²) in [5.41, 5.74) is 8.60. The predicted octanol–water partition coefficient (Wildman–Crippen LogP) is 4.07. The van der Waals surface area contributed by atoms with Crippen LogP contribution in [-0.4, -0.2) is 22.8 Å². The number of rotatable bonds is 11. The van der Waals surface area contributed by atoms with Gasteiger partial charge in [0.1, 0.15) is 24.9 Å². The monoisotopic (exact) mass is 481 g/mol. The number of primary amides is 1. The van der Waals surface area contributed by atoms with Gasteiger partial charge in [-0.05, 0) is 41.0 Å². The van der Waals surface area contributed by atoms with E-state index < -0.39 is 17.9 Å². The van der Waals surface area contributed by atoms with Gasteiger partial charge in [-0.25, -0.2) is 0 Å². The molecule has 36 heavy (non-hydrogen) atoms. The summed E-state index contributed by atoms with van der Waals surface area (Å²) in [5, 5.41) is 2.67. The minimum absolute atomic E-state index is 0.189. The second kappa shape index (κ2) is 12.2. The van der Waals surface area contributed by atoms with Crippen molar-refractivity contribution >= 4 is 11.8 Å². The van der Waals surface area contributed by atoms with Gasteiger partial charge in [0.15, 0.2) is 11.5 Å². The summed E-state index contributed by atoms with van der Waals surface area (Å²) in [4.78, 5) is 28.7. The van der Waals surface area contributed by atoms with E-state index in [0.717, 1.165) is 16.7 Å². The van der Waals surface area contributed by atoms with Gasteiger partial charge in [0.05, 0.1) is 0 Å². The second-order valence-electron chi connectivity index (χ2n) is 8.18. The van der Waals surface area contributed by atoms with Crippen LogP contribution in [0.5, 0.6) is 11.5 Å². The molecule has 0 spiro atoms. The standard InChI is InChI=1S/C29H27N3O4/c30-28(33)25(32-29(34)24-13-7-8-16-31-24)17-23-14-15-26(35-19-21-9-3-1-4-10-21)27(18-23)36-20-22-11-5-2-6-12-22/h1-16,18,25H,17,19-20H2,(H2,30,33)(H,32,34)/t25-/m1/s1. The van der Waals surface area contributed by atoms with E-state index in [0.29, 0.717) is 24.7 Å².